The third-order valence-electron chi connectivity index (χ3n) is 7.31. The lowest BCUT2D eigenvalue weighted by molar-refractivity contribution is 0.0720. The Kier molecular flexibility index (Phi) is 6.16. The summed E-state index contributed by atoms with van der Waals surface area (Å²) in [5.41, 5.74) is 2.93. The second-order valence-electron chi connectivity index (χ2n) is 9.18. The van der Waals surface area contributed by atoms with Gasteiger partial charge in [-0.25, -0.2) is 9.37 Å². The van der Waals surface area contributed by atoms with Crippen LogP contribution >= 0.6 is 11.6 Å². The SMILES string of the molecule is CC[C@@H]1CN2c3c(c(=O)n(C)c4ccc(C#N)nc34)OC[C@@H]2CN1[C@@H](CC)c1ccc(F)cc1Cl. The number of aryl methyl sites for hydroxylation is 1. The lowest BCUT2D eigenvalue weighted by Crippen LogP contribution is -2.62. The highest BCUT2D eigenvalue weighted by atomic mass is 35.5. The summed E-state index contributed by atoms with van der Waals surface area (Å²) in [4.78, 5) is 22.4. The molecule has 0 N–H and O–H groups in total. The summed E-state index contributed by atoms with van der Waals surface area (Å²) >= 11 is 6.47. The standard InChI is InChI=1S/C26H27ClFN5O2/c1-4-17-12-33-18(13-32(17)21(5-2)19-8-6-15(28)10-20(19)27)14-35-25-24(33)23-22(31(3)26(25)34)9-7-16(11-29)30-23/h6-10,17-18,21H,4-5,12-14H2,1-3H3/t17-,18+,21+/m1/s1. The maximum absolute atomic E-state index is 13.7. The molecule has 2 aromatic heterocycles. The molecule has 2 aliphatic heterocycles. The van der Waals surface area contributed by atoms with Gasteiger partial charge in [-0.15, -0.1) is 0 Å². The Labute approximate surface area is 208 Å². The number of nitrogens with zero attached hydrogens (tertiary/aromatic N) is 5. The highest BCUT2D eigenvalue weighted by Crippen LogP contribution is 2.42. The van der Waals surface area contributed by atoms with E-state index in [4.69, 9.17) is 16.3 Å². The fraction of sp³-hybridized carbons (Fsp3) is 0.423. The minimum Gasteiger partial charge on any atom is -0.484 e. The number of piperazine rings is 1. The van der Waals surface area contributed by atoms with Crippen molar-refractivity contribution >= 4 is 28.3 Å². The van der Waals surface area contributed by atoms with E-state index in [0.717, 1.165) is 18.4 Å². The van der Waals surface area contributed by atoms with Gasteiger partial charge in [-0.05, 0) is 42.7 Å². The molecule has 0 aliphatic carbocycles. The van der Waals surface area contributed by atoms with Crippen LogP contribution in [-0.2, 0) is 7.05 Å². The number of pyridine rings is 2. The fourth-order valence-corrected chi connectivity index (χ4v) is 5.84. The van der Waals surface area contributed by atoms with E-state index in [-0.39, 0.29) is 35.3 Å². The molecule has 0 radical (unpaired) electrons. The van der Waals surface area contributed by atoms with Crippen LogP contribution in [0.2, 0.25) is 5.02 Å². The van der Waals surface area contributed by atoms with Gasteiger partial charge in [0.25, 0.3) is 5.56 Å². The minimum absolute atomic E-state index is 0.0126. The van der Waals surface area contributed by atoms with E-state index in [0.29, 0.717) is 47.1 Å². The Morgan fingerprint density at radius 3 is 2.77 bits per heavy atom. The number of anilines is 1. The number of rotatable bonds is 4. The van der Waals surface area contributed by atoms with Crippen molar-refractivity contribution in [2.45, 2.75) is 44.8 Å². The summed E-state index contributed by atoms with van der Waals surface area (Å²) < 4.78 is 21.3. The van der Waals surface area contributed by atoms with E-state index in [1.165, 1.54) is 16.7 Å². The molecule has 182 valence electrons. The number of hydrogen-bond acceptors (Lipinski definition) is 6. The van der Waals surface area contributed by atoms with Crippen LogP contribution in [0.5, 0.6) is 5.75 Å². The van der Waals surface area contributed by atoms with Gasteiger partial charge in [0.15, 0.2) is 0 Å². The summed E-state index contributed by atoms with van der Waals surface area (Å²) in [6.07, 6.45) is 1.71. The second-order valence-corrected chi connectivity index (χ2v) is 9.59. The van der Waals surface area contributed by atoms with E-state index in [2.05, 4.69) is 34.7 Å². The Balaban J connectivity index is 1.59. The number of fused-ring (bicyclic) bond motifs is 5. The molecular weight excluding hydrogens is 469 g/mol. The summed E-state index contributed by atoms with van der Waals surface area (Å²) in [7, 11) is 1.69. The second kappa shape index (κ2) is 9.14. The van der Waals surface area contributed by atoms with Crippen molar-refractivity contribution in [1.82, 2.24) is 14.5 Å². The smallest absolute Gasteiger partial charge is 0.295 e. The molecule has 0 amide bonds. The van der Waals surface area contributed by atoms with Crippen molar-refractivity contribution < 1.29 is 9.13 Å². The zero-order valence-electron chi connectivity index (χ0n) is 20.0. The van der Waals surface area contributed by atoms with E-state index in [1.54, 1.807) is 25.2 Å². The first-order valence-electron chi connectivity index (χ1n) is 11.9. The highest BCUT2D eigenvalue weighted by Gasteiger charge is 2.42. The topological polar surface area (TPSA) is 74.4 Å². The maximum Gasteiger partial charge on any atom is 0.295 e. The summed E-state index contributed by atoms with van der Waals surface area (Å²) in [5.74, 6) is -0.0591. The zero-order chi connectivity index (χ0) is 24.9. The molecule has 0 saturated carbocycles. The van der Waals surface area contributed by atoms with Crippen LogP contribution in [0.3, 0.4) is 0 Å². The van der Waals surface area contributed by atoms with E-state index in [9.17, 15) is 14.4 Å². The predicted molar refractivity (Wildman–Crippen MR) is 134 cm³/mol. The molecule has 3 aromatic rings. The first kappa shape index (κ1) is 23.6. The quantitative estimate of drug-likeness (QED) is 0.533. The molecule has 35 heavy (non-hydrogen) atoms. The number of hydrogen-bond donors (Lipinski definition) is 0. The van der Waals surface area contributed by atoms with Crippen LogP contribution in [0.15, 0.2) is 35.1 Å². The summed E-state index contributed by atoms with van der Waals surface area (Å²) in [5, 5.41) is 9.87. The van der Waals surface area contributed by atoms with Crippen LogP contribution in [0.1, 0.15) is 44.0 Å². The zero-order valence-corrected chi connectivity index (χ0v) is 20.7. The van der Waals surface area contributed by atoms with Crippen LogP contribution in [0.4, 0.5) is 10.1 Å². The predicted octanol–water partition coefficient (Wildman–Crippen LogP) is 4.41. The molecular formula is C26H27ClFN5O2. The molecule has 0 spiro atoms. The maximum atomic E-state index is 13.7. The van der Waals surface area contributed by atoms with Crippen molar-refractivity contribution in [1.29, 1.82) is 5.26 Å². The van der Waals surface area contributed by atoms with Crippen LogP contribution in [-0.4, -0.2) is 46.2 Å². The molecule has 2 aliphatic rings. The van der Waals surface area contributed by atoms with Crippen molar-refractivity contribution in [3.63, 3.8) is 0 Å². The van der Waals surface area contributed by atoms with E-state index < -0.39 is 0 Å². The van der Waals surface area contributed by atoms with E-state index in [1.807, 2.05) is 0 Å². The average molecular weight is 496 g/mol. The molecule has 1 fully saturated rings. The van der Waals surface area contributed by atoms with Crippen LogP contribution in [0, 0.1) is 17.1 Å². The van der Waals surface area contributed by atoms with Gasteiger partial charge in [0, 0.05) is 37.2 Å². The molecule has 3 atom stereocenters. The Morgan fingerprint density at radius 2 is 2.09 bits per heavy atom. The van der Waals surface area contributed by atoms with Crippen molar-refractivity contribution in [3.05, 3.63) is 62.8 Å². The van der Waals surface area contributed by atoms with Gasteiger partial charge in [0.05, 0.1) is 11.6 Å². The lowest BCUT2D eigenvalue weighted by atomic mass is 9.94. The van der Waals surface area contributed by atoms with E-state index >= 15 is 0 Å². The lowest BCUT2D eigenvalue weighted by Gasteiger charge is -2.51. The van der Waals surface area contributed by atoms with Crippen molar-refractivity contribution in [2.75, 3.05) is 24.6 Å². The minimum atomic E-state index is -0.347. The Bertz CT molecular complexity index is 1400. The molecule has 0 unspecified atom stereocenters. The highest BCUT2D eigenvalue weighted by molar-refractivity contribution is 6.31. The van der Waals surface area contributed by atoms with Gasteiger partial charge >= 0.3 is 0 Å². The van der Waals surface area contributed by atoms with Gasteiger partial charge in [-0.3, -0.25) is 9.69 Å². The Hall–Kier alpha value is -3.15. The largest absolute Gasteiger partial charge is 0.484 e. The number of nitriles is 1. The van der Waals surface area contributed by atoms with Crippen molar-refractivity contribution in [2.24, 2.45) is 7.05 Å². The third-order valence-corrected chi connectivity index (χ3v) is 7.64. The third kappa shape index (κ3) is 3.83. The normalized spacial score (nSPS) is 20.6. The molecule has 4 heterocycles. The molecule has 1 aromatic carbocycles. The summed E-state index contributed by atoms with van der Waals surface area (Å²) in [6.45, 7) is 5.99. The first-order valence-corrected chi connectivity index (χ1v) is 12.3. The molecule has 5 rings (SSSR count). The summed E-state index contributed by atoms with van der Waals surface area (Å²) in [6, 6.07) is 10.3. The number of halogens is 2. The monoisotopic (exact) mass is 495 g/mol. The average Bonchev–Trinajstić information content (AvgIpc) is 2.87. The van der Waals surface area contributed by atoms with Gasteiger partial charge in [-0.1, -0.05) is 31.5 Å². The van der Waals surface area contributed by atoms with Gasteiger partial charge in [-0.2, -0.15) is 5.26 Å². The number of ether oxygens (including phenoxy) is 1. The van der Waals surface area contributed by atoms with Crippen molar-refractivity contribution in [3.8, 4) is 11.8 Å². The van der Waals surface area contributed by atoms with Gasteiger partial charge < -0.3 is 14.2 Å². The Morgan fingerprint density at radius 1 is 1.29 bits per heavy atom. The number of benzene rings is 1. The number of aromatic nitrogens is 2. The fourth-order valence-electron chi connectivity index (χ4n) is 5.54. The molecule has 9 heteroatoms. The first-order chi connectivity index (χ1) is 16.9. The van der Waals surface area contributed by atoms with Crippen LogP contribution < -0.4 is 15.2 Å². The molecule has 7 nitrogen and oxygen atoms in total. The van der Waals surface area contributed by atoms with Crippen LogP contribution in [0.25, 0.3) is 11.0 Å². The molecule has 0 bridgehead atoms. The van der Waals surface area contributed by atoms with Gasteiger partial charge in [0.2, 0.25) is 5.75 Å². The molecule has 1 saturated heterocycles. The van der Waals surface area contributed by atoms with Gasteiger partial charge in [0.1, 0.15) is 35.4 Å².